The topological polar surface area (TPSA) is 29.5 Å². The van der Waals surface area contributed by atoms with E-state index in [0.717, 1.165) is 25.0 Å². The normalized spacial score (nSPS) is 27.8. The van der Waals surface area contributed by atoms with Gasteiger partial charge in [0.15, 0.2) is 0 Å². The van der Waals surface area contributed by atoms with E-state index in [1.54, 1.807) is 0 Å². The van der Waals surface area contributed by atoms with Crippen LogP contribution in [0.1, 0.15) is 49.3 Å². The molecule has 0 amide bonds. The van der Waals surface area contributed by atoms with Gasteiger partial charge in [-0.25, -0.2) is 0 Å². The smallest absolute Gasteiger partial charge is 0.0822 e. The first-order valence-electron chi connectivity index (χ1n) is 7.08. The van der Waals surface area contributed by atoms with Crippen LogP contribution in [0, 0.1) is 12.8 Å². The van der Waals surface area contributed by atoms with Gasteiger partial charge in [0.2, 0.25) is 0 Å². The summed E-state index contributed by atoms with van der Waals surface area (Å²) in [6.07, 6.45) is 5.34. The van der Waals surface area contributed by atoms with Gasteiger partial charge in [-0.05, 0) is 56.1 Å². The van der Waals surface area contributed by atoms with Crippen LogP contribution >= 0.6 is 0 Å². The quantitative estimate of drug-likeness (QED) is 0.867. The van der Waals surface area contributed by atoms with E-state index in [1.165, 1.54) is 24.8 Å². The number of ether oxygens (including phenoxy) is 1. The lowest BCUT2D eigenvalue weighted by Gasteiger charge is -2.48. The van der Waals surface area contributed by atoms with Gasteiger partial charge in [-0.15, -0.1) is 0 Å². The Morgan fingerprint density at radius 3 is 2.78 bits per heavy atom. The maximum atomic E-state index is 10.6. The third kappa shape index (κ3) is 2.08. The highest BCUT2D eigenvalue weighted by Crippen LogP contribution is 2.47. The third-order valence-corrected chi connectivity index (χ3v) is 4.75. The maximum absolute atomic E-state index is 10.6. The largest absolute Gasteiger partial charge is 0.388 e. The molecule has 2 atom stereocenters. The van der Waals surface area contributed by atoms with Crippen LogP contribution in [0.25, 0.3) is 0 Å². The lowest BCUT2D eigenvalue weighted by atomic mass is 9.70. The minimum atomic E-state index is -0.326. The molecule has 1 heterocycles. The number of benzene rings is 1. The summed E-state index contributed by atoms with van der Waals surface area (Å²) >= 11 is 0. The summed E-state index contributed by atoms with van der Waals surface area (Å²) in [5.41, 5.74) is 2.41. The van der Waals surface area contributed by atoms with Gasteiger partial charge in [0.1, 0.15) is 0 Å². The zero-order valence-corrected chi connectivity index (χ0v) is 11.1. The van der Waals surface area contributed by atoms with E-state index in [2.05, 4.69) is 19.1 Å². The first-order chi connectivity index (χ1) is 8.70. The Hall–Kier alpha value is -0.860. The minimum Gasteiger partial charge on any atom is -0.388 e. The average Bonchev–Trinajstić information content (AvgIpc) is 2.37. The number of aryl methyl sites for hydroxylation is 1. The molecule has 1 aliphatic heterocycles. The van der Waals surface area contributed by atoms with Crippen LogP contribution in [0.2, 0.25) is 0 Å². The van der Waals surface area contributed by atoms with E-state index in [1.807, 2.05) is 12.1 Å². The molecule has 0 bridgehead atoms. The third-order valence-electron chi connectivity index (χ3n) is 4.75. The lowest BCUT2D eigenvalue weighted by Crippen LogP contribution is -2.46. The van der Waals surface area contributed by atoms with Crippen molar-refractivity contribution in [2.24, 2.45) is 5.92 Å². The molecule has 1 saturated carbocycles. The fourth-order valence-corrected chi connectivity index (χ4v) is 3.43. The summed E-state index contributed by atoms with van der Waals surface area (Å²) in [7, 11) is 0. The predicted molar refractivity (Wildman–Crippen MR) is 71.4 cm³/mol. The number of rotatable bonds is 2. The summed E-state index contributed by atoms with van der Waals surface area (Å²) in [5, 5.41) is 10.6. The Bertz CT molecular complexity index is 423. The van der Waals surface area contributed by atoms with E-state index >= 15 is 0 Å². The summed E-state index contributed by atoms with van der Waals surface area (Å²) in [4.78, 5) is 0. The van der Waals surface area contributed by atoms with Crippen molar-refractivity contribution in [2.75, 3.05) is 6.61 Å². The van der Waals surface area contributed by atoms with Crippen molar-refractivity contribution in [3.63, 3.8) is 0 Å². The molecule has 18 heavy (non-hydrogen) atoms. The molecule has 0 radical (unpaired) electrons. The van der Waals surface area contributed by atoms with Crippen molar-refractivity contribution in [1.29, 1.82) is 0 Å². The van der Waals surface area contributed by atoms with Crippen LogP contribution in [0.5, 0.6) is 0 Å². The molecule has 2 unspecified atom stereocenters. The van der Waals surface area contributed by atoms with Gasteiger partial charge in [0.25, 0.3) is 0 Å². The molecule has 2 nitrogen and oxygen atoms in total. The summed E-state index contributed by atoms with van der Waals surface area (Å²) in [5.74, 6) is 0.361. The predicted octanol–water partition coefficient (Wildman–Crippen LogP) is 3.38. The monoisotopic (exact) mass is 246 g/mol. The first kappa shape index (κ1) is 12.2. The van der Waals surface area contributed by atoms with Gasteiger partial charge in [-0.2, -0.15) is 0 Å². The van der Waals surface area contributed by atoms with Crippen LogP contribution < -0.4 is 0 Å². The molecular weight excluding hydrogens is 224 g/mol. The van der Waals surface area contributed by atoms with Crippen LogP contribution in [-0.4, -0.2) is 17.3 Å². The Morgan fingerprint density at radius 1 is 1.33 bits per heavy atom. The molecule has 3 rings (SSSR count). The number of aliphatic hydroxyl groups excluding tert-OH is 1. The standard InChI is InChI=1S/C16H22O2/c1-12-5-2-3-6-14(12)15(17)13-7-10-18-16(11-13)8-4-9-16/h2-3,5-6,13,15,17H,4,7-11H2,1H3. The number of aliphatic hydroxyl groups is 1. The van der Waals surface area contributed by atoms with Gasteiger partial charge in [0, 0.05) is 6.61 Å². The molecule has 1 aromatic carbocycles. The van der Waals surface area contributed by atoms with Gasteiger partial charge >= 0.3 is 0 Å². The second kappa shape index (κ2) is 4.67. The molecule has 2 heteroatoms. The fraction of sp³-hybridized carbons (Fsp3) is 0.625. The van der Waals surface area contributed by atoms with Crippen LogP contribution in [0.3, 0.4) is 0 Å². The Kier molecular flexibility index (Phi) is 3.16. The molecule has 1 aliphatic carbocycles. The minimum absolute atomic E-state index is 0.118. The van der Waals surface area contributed by atoms with E-state index < -0.39 is 0 Å². The van der Waals surface area contributed by atoms with Crippen molar-refractivity contribution < 1.29 is 9.84 Å². The first-order valence-corrected chi connectivity index (χ1v) is 7.08. The zero-order valence-electron chi connectivity index (χ0n) is 11.1. The van der Waals surface area contributed by atoms with Gasteiger partial charge in [-0.3, -0.25) is 0 Å². The molecular formula is C16H22O2. The number of hydrogen-bond acceptors (Lipinski definition) is 2. The zero-order chi connectivity index (χ0) is 12.6. The van der Waals surface area contributed by atoms with Crippen molar-refractivity contribution in [3.05, 3.63) is 35.4 Å². The van der Waals surface area contributed by atoms with Crippen LogP contribution in [0.4, 0.5) is 0 Å². The van der Waals surface area contributed by atoms with Gasteiger partial charge < -0.3 is 9.84 Å². The molecule has 1 N–H and O–H groups in total. The lowest BCUT2D eigenvalue weighted by molar-refractivity contribution is -0.157. The molecule has 1 spiro atoms. The van der Waals surface area contributed by atoms with E-state index in [-0.39, 0.29) is 11.7 Å². The second-order valence-electron chi connectivity index (χ2n) is 5.94. The van der Waals surface area contributed by atoms with Crippen molar-refractivity contribution >= 4 is 0 Å². The van der Waals surface area contributed by atoms with Gasteiger partial charge in [-0.1, -0.05) is 24.3 Å². The fourth-order valence-electron chi connectivity index (χ4n) is 3.43. The highest BCUT2D eigenvalue weighted by molar-refractivity contribution is 5.28. The second-order valence-corrected chi connectivity index (χ2v) is 5.94. The molecule has 1 saturated heterocycles. The summed E-state index contributed by atoms with van der Waals surface area (Å²) < 4.78 is 5.94. The molecule has 2 fully saturated rings. The summed E-state index contributed by atoms with van der Waals surface area (Å²) in [6.45, 7) is 2.89. The average molecular weight is 246 g/mol. The molecule has 2 aliphatic rings. The van der Waals surface area contributed by atoms with Gasteiger partial charge in [0.05, 0.1) is 11.7 Å². The summed E-state index contributed by atoms with van der Waals surface area (Å²) in [6, 6.07) is 8.19. The molecule has 1 aromatic rings. The Labute approximate surface area is 109 Å². The van der Waals surface area contributed by atoms with E-state index in [9.17, 15) is 5.11 Å². The van der Waals surface area contributed by atoms with Crippen LogP contribution in [-0.2, 0) is 4.74 Å². The van der Waals surface area contributed by atoms with E-state index in [4.69, 9.17) is 4.74 Å². The van der Waals surface area contributed by atoms with Crippen molar-refractivity contribution in [2.45, 2.75) is 50.7 Å². The number of hydrogen-bond donors (Lipinski definition) is 1. The van der Waals surface area contributed by atoms with Crippen molar-refractivity contribution in [1.82, 2.24) is 0 Å². The highest BCUT2D eigenvalue weighted by atomic mass is 16.5. The maximum Gasteiger partial charge on any atom is 0.0822 e. The van der Waals surface area contributed by atoms with Crippen LogP contribution in [0.15, 0.2) is 24.3 Å². The SMILES string of the molecule is Cc1ccccc1C(O)C1CCOC2(CCC2)C1. The Balaban J connectivity index is 1.76. The molecule has 98 valence electrons. The van der Waals surface area contributed by atoms with E-state index in [0.29, 0.717) is 5.92 Å². The molecule has 0 aromatic heterocycles. The Morgan fingerprint density at radius 2 is 2.11 bits per heavy atom. The highest BCUT2D eigenvalue weighted by Gasteiger charge is 2.44. The van der Waals surface area contributed by atoms with Crippen molar-refractivity contribution in [3.8, 4) is 0 Å².